The van der Waals surface area contributed by atoms with E-state index in [1.54, 1.807) is 12.1 Å². The lowest BCUT2D eigenvalue weighted by Crippen LogP contribution is -2.12. The van der Waals surface area contributed by atoms with Gasteiger partial charge in [-0.25, -0.2) is 0 Å². The highest BCUT2D eigenvalue weighted by molar-refractivity contribution is 9.10. The van der Waals surface area contributed by atoms with Crippen LogP contribution in [-0.2, 0) is 0 Å². The second kappa shape index (κ2) is 5.34. The maximum absolute atomic E-state index is 9.80. The van der Waals surface area contributed by atoms with Crippen LogP contribution in [0.25, 0.3) is 0 Å². The monoisotopic (exact) mass is 275 g/mol. The van der Waals surface area contributed by atoms with Crippen molar-refractivity contribution in [3.63, 3.8) is 0 Å². The van der Waals surface area contributed by atoms with Crippen LogP contribution >= 0.6 is 15.9 Å². The number of aliphatic hydroxyl groups is 1. The van der Waals surface area contributed by atoms with Crippen molar-refractivity contribution in [2.45, 2.75) is 12.5 Å². The molecule has 1 atom stereocenters. The van der Waals surface area contributed by atoms with E-state index in [4.69, 9.17) is 15.6 Å². The van der Waals surface area contributed by atoms with Gasteiger partial charge in [0.05, 0.1) is 7.11 Å². The Morgan fingerprint density at radius 3 is 2.73 bits per heavy atom. The van der Waals surface area contributed by atoms with E-state index in [-0.39, 0.29) is 12.4 Å². The van der Waals surface area contributed by atoms with E-state index in [9.17, 15) is 5.11 Å². The first-order valence-corrected chi connectivity index (χ1v) is 5.32. The number of benzene rings is 1. The Labute approximate surface area is 96.8 Å². The molecule has 0 heterocycles. The van der Waals surface area contributed by atoms with Gasteiger partial charge >= 0.3 is 0 Å². The zero-order chi connectivity index (χ0) is 11.4. The number of rotatable bonds is 4. The number of halogens is 1. The fourth-order valence-corrected chi connectivity index (χ4v) is 1.78. The van der Waals surface area contributed by atoms with Crippen LogP contribution in [0.2, 0.25) is 0 Å². The number of hydrogen-bond donors (Lipinski definition) is 3. The van der Waals surface area contributed by atoms with Crippen LogP contribution in [0, 0.1) is 0 Å². The molecule has 0 saturated heterocycles. The van der Waals surface area contributed by atoms with Crippen LogP contribution < -0.4 is 10.5 Å². The van der Waals surface area contributed by atoms with Crippen LogP contribution in [0.1, 0.15) is 18.0 Å². The molecule has 0 radical (unpaired) electrons. The summed E-state index contributed by atoms with van der Waals surface area (Å²) in [4.78, 5) is 0. The fraction of sp³-hybridized carbons (Fsp3) is 0.400. The SMILES string of the molecule is COc1cc(Br)cc(C(N)CCO)c1O. The van der Waals surface area contributed by atoms with Gasteiger partial charge in [-0.1, -0.05) is 15.9 Å². The number of ether oxygens (including phenoxy) is 1. The Morgan fingerprint density at radius 1 is 1.53 bits per heavy atom. The van der Waals surface area contributed by atoms with E-state index >= 15 is 0 Å². The molecule has 4 N–H and O–H groups in total. The number of nitrogens with two attached hydrogens (primary N) is 1. The average Bonchev–Trinajstić information content (AvgIpc) is 2.21. The molecule has 0 saturated carbocycles. The fourth-order valence-electron chi connectivity index (χ4n) is 1.33. The minimum Gasteiger partial charge on any atom is -0.504 e. The van der Waals surface area contributed by atoms with Crippen molar-refractivity contribution in [2.24, 2.45) is 5.73 Å². The van der Waals surface area contributed by atoms with E-state index in [1.165, 1.54) is 7.11 Å². The predicted molar refractivity (Wildman–Crippen MR) is 61.0 cm³/mol. The largest absolute Gasteiger partial charge is 0.504 e. The number of phenolic OH excluding ortho intramolecular Hbond substituents is 1. The third-order valence-corrected chi connectivity index (χ3v) is 2.59. The maximum atomic E-state index is 9.80. The van der Waals surface area contributed by atoms with Crippen LogP contribution in [-0.4, -0.2) is 23.9 Å². The first-order chi connectivity index (χ1) is 7.10. The molecule has 1 aromatic rings. The molecule has 84 valence electrons. The molecule has 0 aliphatic carbocycles. The van der Waals surface area contributed by atoms with Crippen LogP contribution in [0.3, 0.4) is 0 Å². The highest BCUT2D eigenvalue weighted by atomic mass is 79.9. The summed E-state index contributed by atoms with van der Waals surface area (Å²) in [6.07, 6.45) is 0.396. The third kappa shape index (κ3) is 2.84. The second-order valence-electron chi connectivity index (χ2n) is 3.16. The third-order valence-electron chi connectivity index (χ3n) is 2.13. The van der Waals surface area contributed by atoms with Crippen molar-refractivity contribution >= 4 is 15.9 Å². The molecule has 5 heteroatoms. The Morgan fingerprint density at radius 2 is 2.20 bits per heavy atom. The van der Waals surface area contributed by atoms with Gasteiger partial charge in [-0.15, -0.1) is 0 Å². The van der Waals surface area contributed by atoms with Crippen LogP contribution in [0.4, 0.5) is 0 Å². The van der Waals surface area contributed by atoms with Gasteiger partial charge in [0.25, 0.3) is 0 Å². The molecule has 1 aromatic carbocycles. The quantitative estimate of drug-likeness (QED) is 0.779. The van der Waals surface area contributed by atoms with E-state index in [0.717, 1.165) is 4.47 Å². The van der Waals surface area contributed by atoms with Gasteiger partial charge in [0.15, 0.2) is 11.5 Å². The Balaban J connectivity index is 3.11. The normalized spacial score (nSPS) is 12.5. The second-order valence-corrected chi connectivity index (χ2v) is 4.08. The van der Waals surface area contributed by atoms with Crippen molar-refractivity contribution < 1.29 is 14.9 Å². The van der Waals surface area contributed by atoms with E-state index in [1.807, 2.05) is 0 Å². The van der Waals surface area contributed by atoms with Gasteiger partial charge in [-0.3, -0.25) is 0 Å². The van der Waals surface area contributed by atoms with Crippen molar-refractivity contribution in [2.75, 3.05) is 13.7 Å². The van der Waals surface area contributed by atoms with Crippen molar-refractivity contribution in [3.8, 4) is 11.5 Å². The van der Waals surface area contributed by atoms with Gasteiger partial charge in [0.2, 0.25) is 0 Å². The molecular weight excluding hydrogens is 262 g/mol. The number of methoxy groups -OCH3 is 1. The molecule has 0 fully saturated rings. The molecule has 0 aliphatic heterocycles. The predicted octanol–water partition coefficient (Wildman–Crippen LogP) is 1.55. The maximum Gasteiger partial charge on any atom is 0.162 e. The van der Waals surface area contributed by atoms with Crippen LogP contribution in [0.15, 0.2) is 16.6 Å². The summed E-state index contributed by atoms with van der Waals surface area (Å²) in [7, 11) is 1.48. The Bertz CT molecular complexity index is 344. The molecule has 0 amide bonds. The summed E-state index contributed by atoms with van der Waals surface area (Å²) in [6.45, 7) is -0.0184. The van der Waals surface area contributed by atoms with E-state index in [2.05, 4.69) is 15.9 Å². The molecule has 15 heavy (non-hydrogen) atoms. The minimum atomic E-state index is -0.401. The van der Waals surface area contributed by atoms with Crippen molar-refractivity contribution in [1.82, 2.24) is 0 Å². The summed E-state index contributed by atoms with van der Waals surface area (Å²) in [6, 6.07) is 2.98. The molecule has 0 bridgehead atoms. The lowest BCUT2D eigenvalue weighted by atomic mass is 10.0. The molecular formula is C10H14BrNO3. The molecule has 4 nitrogen and oxygen atoms in total. The first kappa shape index (κ1) is 12.3. The smallest absolute Gasteiger partial charge is 0.162 e. The average molecular weight is 276 g/mol. The van der Waals surface area contributed by atoms with Gasteiger partial charge in [-0.05, 0) is 18.6 Å². The molecule has 0 spiro atoms. The molecule has 0 aliphatic rings. The lowest BCUT2D eigenvalue weighted by Gasteiger charge is -2.15. The number of aromatic hydroxyl groups is 1. The van der Waals surface area contributed by atoms with E-state index in [0.29, 0.717) is 17.7 Å². The highest BCUT2D eigenvalue weighted by Gasteiger charge is 2.15. The minimum absolute atomic E-state index is 0.0184. The molecule has 1 rings (SSSR count). The summed E-state index contributed by atoms with van der Waals surface area (Å²) in [5, 5.41) is 18.6. The van der Waals surface area contributed by atoms with Crippen molar-refractivity contribution in [1.29, 1.82) is 0 Å². The summed E-state index contributed by atoms with van der Waals surface area (Å²) in [5.74, 6) is 0.398. The summed E-state index contributed by atoms with van der Waals surface area (Å²) >= 11 is 3.30. The summed E-state index contributed by atoms with van der Waals surface area (Å²) in [5.41, 5.74) is 6.37. The number of aliphatic hydroxyl groups excluding tert-OH is 1. The van der Waals surface area contributed by atoms with Gasteiger partial charge in [0.1, 0.15) is 0 Å². The van der Waals surface area contributed by atoms with E-state index < -0.39 is 6.04 Å². The van der Waals surface area contributed by atoms with Gasteiger partial charge in [-0.2, -0.15) is 0 Å². The Hall–Kier alpha value is -0.780. The number of hydrogen-bond acceptors (Lipinski definition) is 4. The van der Waals surface area contributed by atoms with Crippen molar-refractivity contribution in [3.05, 3.63) is 22.2 Å². The Kier molecular flexibility index (Phi) is 4.38. The topological polar surface area (TPSA) is 75.7 Å². The zero-order valence-corrected chi connectivity index (χ0v) is 9.99. The molecule has 1 unspecified atom stereocenters. The van der Waals surface area contributed by atoms with Gasteiger partial charge in [0, 0.05) is 22.7 Å². The standard InChI is InChI=1S/C10H14BrNO3/c1-15-9-5-6(11)4-7(10(9)14)8(12)2-3-13/h4-5,8,13-14H,2-3,12H2,1H3. The first-order valence-electron chi connectivity index (χ1n) is 4.53. The highest BCUT2D eigenvalue weighted by Crippen LogP contribution is 2.36. The number of phenols is 1. The zero-order valence-electron chi connectivity index (χ0n) is 8.40. The lowest BCUT2D eigenvalue weighted by molar-refractivity contribution is 0.275. The summed E-state index contributed by atoms with van der Waals surface area (Å²) < 4.78 is 5.77. The molecule has 0 aromatic heterocycles. The van der Waals surface area contributed by atoms with Gasteiger partial charge < -0.3 is 20.7 Å². The van der Waals surface area contributed by atoms with Crippen LogP contribution in [0.5, 0.6) is 11.5 Å².